The van der Waals surface area contributed by atoms with Gasteiger partial charge >= 0.3 is 0 Å². The SMILES string of the molecule is Cc1ccc(CC2CNCCC2F)cc1. The summed E-state index contributed by atoms with van der Waals surface area (Å²) in [7, 11) is 0. The van der Waals surface area contributed by atoms with Gasteiger partial charge in [-0.3, -0.25) is 0 Å². The molecule has 1 fully saturated rings. The van der Waals surface area contributed by atoms with Crippen molar-refractivity contribution in [2.45, 2.75) is 25.9 Å². The van der Waals surface area contributed by atoms with Crippen LogP contribution in [0, 0.1) is 12.8 Å². The molecule has 2 heteroatoms. The molecule has 0 aromatic heterocycles. The highest BCUT2D eigenvalue weighted by molar-refractivity contribution is 5.22. The smallest absolute Gasteiger partial charge is 0.106 e. The van der Waals surface area contributed by atoms with Gasteiger partial charge in [-0.25, -0.2) is 4.39 Å². The molecular formula is C13H18FN. The first-order valence-electron chi connectivity index (χ1n) is 5.66. The summed E-state index contributed by atoms with van der Waals surface area (Å²) >= 11 is 0. The fraction of sp³-hybridized carbons (Fsp3) is 0.538. The van der Waals surface area contributed by atoms with Crippen molar-refractivity contribution in [1.82, 2.24) is 5.32 Å². The van der Waals surface area contributed by atoms with E-state index in [-0.39, 0.29) is 5.92 Å². The molecule has 1 heterocycles. The summed E-state index contributed by atoms with van der Waals surface area (Å²) < 4.78 is 13.6. The zero-order valence-corrected chi connectivity index (χ0v) is 9.17. The summed E-state index contributed by atoms with van der Waals surface area (Å²) in [5.41, 5.74) is 2.51. The molecule has 0 saturated carbocycles. The second kappa shape index (κ2) is 4.75. The van der Waals surface area contributed by atoms with E-state index < -0.39 is 6.17 Å². The minimum absolute atomic E-state index is 0.154. The van der Waals surface area contributed by atoms with Crippen LogP contribution in [0.5, 0.6) is 0 Å². The van der Waals surface area contributed by atoms with E-state index >= 15 is 0 Å². The van der Waals surface area contributed by atoms with Crippen molar-refractivity contribution in [3.63, 3.8) is 0 Å². The third-order valence-electron chi connectivity index (χ3n) is 3.13. The monoisotopic (exact) mass is 207 g/mol. The molecule has 2 atom stereocenters. The standard InChI is InChI=1S/C13H18FN/c1-10-2-4-11(5-3-10)8-12-9-15-7-6-13(12)14/h2-5,12-13,15H,6-9H2,1H3. The molecule has 0 aliphatic carbocycles. The Kier molecular flexibility index (Phi) is 3.37. The number of hydrogen-bond donors (Lipinski definition) is 1. The van der Waals surface area contributed by atoms with Crippen LogP contribution < -0.4 is 5.32 Å². The van der Waals surface area contributed by atoms with Gasteiger partial charge in [0.15, 0.2) is 0 Å². The first-order valence-corrected chi connectivity index (χ1v) is 5.66. The normalized spacial score (nSPS) is 26.5. The second-order valence-electron chi connectivity index (χ2n) is 4.46. The van der Waals surface area contributed by atoms with Crippen molar-refractivity contribution in [3.05, 3.63) is 35.4 Å². The summed E-state index contributed by atoms with van der Waals surface area (Å²) in [4.78, 5) is 0. The van der Waals surface area contributed by atoms with Crippen LogP contribution in [0.4, 0.5) is 4.39 Å². The number of hydrogen-bond acceptors (Lipinski definition) is 1. The van der Waals surface area contributed by atoms with E-state index in [4.69, 9.17) is 0 Å². The number of aryl methyl sites for hydroxylation is 1. The van der Waals surface area contributed by atoms with E-state index in [1.165, 1.54) is 11.1 Å². The van der Waals surface area contributed by atoms with Gasteiger partial charge in [0.05, 0.1) is 0 Å². The number of halogens is 1. The molecule has 0 radical (unpaired) electrons. The van der Waals surface area contributed by atoms with Crippen LogP contribution in [0.15, 0.2) is 24.3 Å². The lowest BCUT2D eigenvalue weighted by Crippen LogP contribution is -2.38. The number of alkyl halides is 1. The molecule has 0 amide bonds. The van der Waals surface area contributed by atoms with Crippen LogP contribution in [0.2, 0.25) is 0 Å². The Morgan fingerprint density at radius 3 is 2.73 bits per heavy atom. The van der Waals surface area contributed by atoms with Crippen LogP contribution in [-0.2, 0) is 6.42 Å². The van der Waals surface area contributed by atoms with Gasteiger partial charge in [-0.15, -0.1) is 0 Å². The minimum atomic E-state index is -0.632. The molecule has 0 bridgehead atoms. The average Bonchev–Trinajstić information content (AvgIpc) is 2.25. The first kappa shape index (κ1) is 10.6. The number of nitrogens with one attached hydrogen (secondary N) is 1. The molecule has 1 N–H and O–H groups in total. The van der Waals surface area contributed by atoms with Crippen molar-refractivity contribution in [3.8, 4) is 0 Å². The van der Waals surface area contributed by atoms with E-state index in [0.29, 0.717) is 6.42 Å². The number of benzene rings is 1. The molecule has 82 valence electrons. The lowest BCUT2D eigenvalue weighted by molar-refractivity contribution is 0.178. The Labute approximate surface area is 90.7 Å². The topological polar surface area (TPSA) is 12.0 Å². The maximum absolute atomic E-state index is 13.6. The third-order valence-corrected chi connectivity index (χ3v) is 3.13. The maximum Gasteiger partial charge on any atom is 0.106 e. The van der Waals surface area contributed by atoms with Crippen LogP contribution in [0.1, 0.15) is 17.5 Å². The zero-order valence-electron chi connectivity index (χ0n) is 9.17. The lowest BCUT2D eigenvalue weighted by atomic mass is 9.90. The van der Waals surface area contributed by atoms with Crippen LogP contribution >= 0.6 is 0 Å². The summed E-state index contributed by atoms with van der Waals surface area (Å²) in [6.07, 6.45) is 0.887. The molecular weight excluding hydrogens is 189 g/mol. The van der Waals surface area contributed by atoms with Crippen LogP contribution in [0.3, 0.4) is 0 Å². The molecule has 2 rings (SSSR count). The van der Waals surface area contributed by atoms with E-state index in [1.54, 1.807) is 0 Å². The lowest BCUT2D eigenvalue weighted by Gasteiger charge is -2.26. The Morgan fingerprint density at radius 1 is 1.33 bits per heavy atom. The average molecular weight is 207 g/mol. The van der Waals surface area contributed by atoms with Gasteiger partial charge in [0.25, 0.3) is 0 Å². The highest BCUT2D eigenvalue weighted by Gasteiger charge is 2.24. The fourth-order valence-corrected chi connectivity index (χ4v) is 2.12. The Bertz CT molecular complexity index is 307. The molecule has 1 aromatic rings. The fourth-order valence-electron chi connectivity index (χ4n) is 2.12. The van der Waals surface area contributed by atoms with Gasteiger partial charge < -0.3 is 5.32 Å². The highest BCUT2D eigenvalue weighted by Crippen LogP contribution is 2.20. The molecule has 0 spiro atoms. The second-order valence-corrected chi connectivity index (χ2v) is 4.46. The predicted molar refractivity (Wildman–Crippen MR) is 60.8 cm³/mol. The molecule has 15 heavy (non-hydrogen) atoms. The molecule has 1 aliphatic heterocycles. The van der Waals surface area contributed by atoms with Crippen molar-refractivity contribution in [2.75, 3.05) is 13.1 Å². The molecule has 2 unspecified atom stereocenters. The summed E-state index contributed by atoms with van der Waals surface area (Å²) in [5.74, 6) is 0.154. The summed E-state index contributed by atoms with van der Waals surface area (Å²) in [6, 6.07) is 8.41. The number of rotatable bonds is 2. The predicted octanol–water partition coefficient (Wildman–Crippen LogP) is 2.49. The summed E-state index contributed by atoms with van der Waals surface area (Å²) in [5, 5.41) is 3.26. The van der Waals surface area contributed by atoms with Gasteiger partial charge in [-0.1, -0.05) is 29.8 Å². The molecule has 1 saturated heterocycles. The Morgan fingerprint density at radius 2 is 2.07 bits per heavy atom. The van der Waals surface area contributed by atoms with Gasteiger partial charge in [-0.2, -0.15) is 0 Å². The van der Waals surface area contributed by atoms with Gasteiger partial charge in [-0.05, 0) is 31.9 Å². The van der Waals surface area contributed by atoms with Crippen molar-refractivity contribution in [1.29, 1.82) is 0 Å². The zero-order chi connectivity index (χ0) is 10.7. The molecule has 1 aliphatic rings. The van der Waals surface area contributed by atoms with Crippen LogP contribution in [0.25, 0.3) is 0 Å². The van der Waals surface area contributed by atoms with Crippen LogP contribution in [-0.4, -0.2) is 19.3 Å². The Balaban J connectivity index is 1.98. The number of piperidine rings is 1. The van der Waals surface area contributed by atoms with E-state index in [9.17, 15) is 4.39 Å². The third kappa shape index (κ3) is 2.78. The largest absolute Gasteiger partial charge is 0.316 e. The molecule has 1 aromatic carbocycles. The minimum Gasteiger partial charge on any atom is -0.316 e. The van der Waals surface area contributed by atoms with E-state index in [0.717, 1.165) is 19.5 Å². The first-order chi connectivity index (χ1) is 7.25. The Hall–Kier alpha value is -0.890. The van der Waals surface area contributed by atoms with Crippen molar-refractivity contribution >= 4 is 0 Å². The van der Waals surface area contributed by atoms with E-state index in [1.807, 2.05) is 0 Å². The van der Waals surface area contributed by atoms with Crippen molar-refractivity contribution in [2.24, 2.45) is 5.92 Å². The van der Waals surface area contributed by atoms with Gasteiger partial charge in [0, 0.05) is 12.5 Å². The highest BCUT2D eigenvalue weighted by atomic mass is 19.1. The van der Waals surface area contributed by atoms with E-state index in [2.05, 4.69) is 36.5 Å². The maximum atomic E-state index is 13.6. The van der Waals surface area contributed by atoms with Gasteiger partial charge in [0.2, 0.25) is 0 Å². The molecule has 1 nitrogen and oxygen atoms in total. The quantitative estimate of drug-likeness (QED) is 0.785. The van der Waals surface area contributed by atoms with Gasteiger partial charge in [0.1, 0.15) is 6.17 Å². The summed E-state index contributed by atoms with van der Waals surface area (Å²) in [6.45, 7) is 3.71. The van der Waals surface area contributed by atoms with Crippen molar-refractivity contribution < 1.29 is 4.39 Å².